The van der Waals surface area contributed by atoms with Gasteiger partial charge in [0.1, 0.15) is 0 Å². The van der Waals surface area contributed by atoms with E-state index in [9.17, 15) is 0 Å². The largest absolute Gasteiger partial charge is 0.120 e. The van der Waals surface area contributed by atoms with Crippen molar-refractivity contribution in [2.75, 3.05) is 0 Å². The van der Waals surface area contributed by atoms with E-state index in [0.29, 0.717) is 0 Å². The van der Waals surface area contributed by atoms with Gasteiger partial charge in [0.05, 0.1) is 16.2 Å². The van der Waals surface area contributed by atoms with Crippen molar-refractivity contribution in [2.45, 2.75) is 16.2 Å². The van der Waals surface area contributed by atoms with Gasteiger partial charge in [-0.2, -0.15) is 0 Å². The predicted molar refractivity (Wildman–Crippen MR) is 71.9 cm³/mol. The van der Waals surface area contributed by atoms with E-state index in [4.69, 9.17) is 23.2 Å². The second kappa shape index (κ2) is 3.07. The van der Waals surface area contributed by atoms with Gasteiger partial charge in [0, 0.05) is 0 Å². The molecule has 0 radical (unpaired) electrons. The van der Waals surface area contributed by atoms with Crippen molar-refractivity contribution >= 4 is 23.2 Å². The van der Waals surface area contributed by atoms with Crippen molar-refractivity contribution in [3.05, 3.63) is 59.7 Å². The van der Waals surface area contributed by atoms with Gasteiger partial charge >= 0.3 is 0 Å². The summed E-state index contributed by atoms with van der Waals surface area (Å²) in [5, 5.41) is 0.0166. The maximum atomic E-state index is 6.42. The molecule has 0 bridgehead atoms. The molecule has 0 aliphatic heterocycles. The average molecular weight is 261 g/mol. The Balaban J connectivity index is 2.11. The third kappa shape index (κ3) is 0.978. The molecular weight excluding hydrogens is 251 g/mol. The van der Waals surface area contributed by atoms with E-state index in [1.54, 1.807) is 0 Å². The molecular formula is C15H10Cl2. The molecule has 2 aliphatic rings. The lowest BCUT2D eigenvalue weighted by Crippen LogP contribution is -2.10. The zero-order chi connectivity index (χ0) is 11.6. The standard InChI is InChI=1S/C15H10Cl2/c16-13-14(17)15(13)11-7-3-1-5-9(11)10-6-2-4-8-12(10)15/h1-8,13-14H. The van der Waals surface area contributed by atoms with Crippen molar-refractivity contribution in [1.82, 2.24) is 0 Å². The fourth-order valence-electron chi connectivity index (χ4n) is 3.20. The maximum Gasteiger partial charge on any atom is 0.0664 e. The van der Waals surface area contributed by atoms with Crippen LogP contribution in [0.15, 0.2) is 48.5 Å². The molecule has 2 atom stereocenters. The van der Waals surface area contributed by atoms with Crippen LogP contribution in [0.2, 0.25) is 0 Å². The molecule has 1 saturated carbocycles. The summed E-state index contributed by atoms with van der Waals surface area (Å²) < 4.78 is 0. The Bertz CT molecular complexity index is 562. The van der Waals surface area contributed by atoms with E-state index >= 15 is 0 Å². The molecule has 0 saturated heterocycles. The Hall–Kier alpha value is -0.980. The number of halogens is 2. The third-order valence-corrected chi connectivity index (χ3v) is 5.37. The van der Waals surface area contributed by atoms with E-state index in [1.807, 2.05) is 0 Å². The quantitative estimate of drug-likeness (QED) is 0.624. The van der Waals surface area contributed by atoms with Crippen molar-refractivity contribution in [2.24, 2.45) is 0 Å². The Morgan fingerprint density at radius 1 is 0.706 bits per heavy atom. The summed E-state index contributed by atoms with van der Waals surface area (Å²) in [6.07, 6.45) is 0. The van der Waals surface area contributed by atoms with Crippen LogP contribution in [0.1, 0.15) is 11.1 Å². The number of benzene rings is 2. The van der Waals surface area contributed by atoms with Gasteiger partial charge in [-0.15, -0.1) is 23.2 Å². The molecule has 0 N–H and O–H groups in total. The topological polar surface area (TPSA) is 0 Å². The number of alkyl halides is 2. The smallest absolute Gasteiger partial charge is 0.0664 e. The lowest BCUT2D eigenvalue weighted by atomic mass is 9.94. The predicted octanol–water partition coefficient (Wildman–Crippen LogP) is 4.18. The van der Waals surface area contributed by atoms with Gasteiger partial charge in [0.25, 0.3) is 0 Å². The van der Waals surface area contributed by atoms with Crippen molar-refractivity contribution in [3.8, 4) is 11.1 Å². The second-order valence-electron chi connectivity index (χ2n) is 4.76. The molecule has 0 amide bonds. The Labute approximate surface area is 110 Å². The highest BCUT2D eigenvalue weighted by atomic mass is 35.5. The second-order valence-corrected chi connectivity index (χ2v) is 5.70. The molecule has 2 aromatic carbocycles. The van der Waals surface area contributed by atoms with Crippen LogP contribution >= 0.6 is 23.2 Å². The summed E-state index contributed by atoms with van der Waals surface area (Å²) in [5.74, 6) is 0. The van der Waals surface area contributed by atoms with Gasteiger partial charge < -0.3 is 0 Å². The highest BCUT2D eigenvalue weighted by Crippen LogP contribution is 2.66. The zero-order valence-corrected chi connectivity index (χ0v) is 10.5. The molecule has 17 heavy (non-hydrogen) atoms. The van der Waals surface area contributed by atoms with Crippen LogP contribution in [-0.2, 0) is 5.41 Å². The monoisotopic (exact) mass is 260 g/mol. The number of fused-ring (bicyclic) bond motifs is 5. The molecule has 0 heterocycles. The zero-order valence-electron chi connectivity index (χ0n) is 9.03. The van der Waals surface area contributed by atoms with Crippen molar-refractivity contribution in [1.29, 1.82) is 0 Å². The van der Waals surface area contributed by atoms with Gasteiger partial charge in [0.15, 0.2) is 0 Å². The Morgan fingerprint density at radius 2 is 1.12 bits per heavy atom. The van der Waals surface area contributed by atoms with Gasteiger partial charge in [-0.3, -0.25) is 0 Å². The number of rotatable bonds is 0. The SMILES string of the molecule is ClC1C(Cl)C12c1ccccc1-c1ccccc12. The van der Waals surface area contributed by atoms with E-state index in [1.165, 1.54) is 22.3 Å². The van der Waals surface area contributed by atoms with E-state index in [2.05, 4.69) is 48.5 Å². The summed E-state index contributed by atoms with van der Waals surface area (Å²) in [6.45, 7) is 0. The molecule has 1 spiro atoms. The first-order valence-corrected chi connectivity index (χ1v) is 6.62. The van der Waals surface area contributed by atoms with Crippen LogP contribution in [0.3, 0.4) is 0 Å². The maximum absolute atomic E-state index is 6.42. The Morgan fingerprint density at radius 3 is 1.53 bits per heavy atom. The summed E-state index contributed by atoms with van der Waals surface area (Å²) in [5.41, 5.74) is 5.02. The van der Waals surface area contributed by atoms with Crippen LogP contribution in [-0.4, -0.2) is 10.8 Å². The third-order valence-electron chi connectivity index (χ3n) is 4.05. The fraction of sp³-hybridized carbons (Fsp3) is 0.200. The van der Waals surface area contributed by atoms with Gasteiger partial charge in [-0.1, -0.05) is 48.5 Å². The average Bonchev–Trinajstić information content (AvgIpc) is 2.81. The number of hydrogen-bond donors (Lipinski definition) is 0. The minimum atomic E-state index is -0.143. The Kier molecular flexibility index (Phi) is 1.80. The molecule has 1 fully saturated rings. The minimum absolute atomic E-state index is 0.00830. The lowest BCUT2D eigenvalue weighted by Gasteiger charge is -2.11. The lowest BCUT2D eigenvalue weighted by molar-refractivity contribution is 0.884. The molecule has 0 aromatic heterocycles. The molecule has 4 rings (SSSR count). The molecule has 2 unspecified atom stereocenters. The first-order valence-electron chi connectivity index (χ1n) is 5.75. The van der Waals surface area contributed by atoms with Crippen LogP contribution in [0, 0.1) is 0 Å². The van der Waals surface area contributed by atoms with Crippen LogP contribution in [0.4, 0.5) is 0 Å². The fourth-order valence-corrected chi connectivity index (χ4v) is 4.26. The van der Waals surface area contributed by atoms with Gasteiger partial charge in [-0.05, 0) is 22.3 Å². The minimum Gasteiger partial charge on any atom is -0.120 e. The highest BCUT2D eigenvalue weighted by molar-refractivity contribution is 6.37. The van der Waals surface area contributed by atoms with Crippen LogP contribution in [0.5, 0.6) is 0 Å². The first kappa shape index (κ1) is 9.99. The number of hydrogen-bond acceptors (Lipinski definition) is 0. The normalized spacial score (nSPS) is 26.7. The summed E-state index contributed by atoms with van der Waals surface area (Å²) in [4.78, 5) is 0. The first-order chi connectivity index (χ1) is 8.28. The van der Waals surface area contributed by atoms with Crippen molar-refractivity contribution in [3.63, 3.8) is 0 Å². The molecule has 2 heteroatoms. The van der Waals surface area contributed by atoms with Crippen LogP contribution in [0.25, 0.3) is 11.1 Å². The molecule has 84 valence electrons. The van der Waals surface area contributed by atoms with Gasteiger partial charge in [-0.25, -0.2) is 0 Å². The van der Waals surface area contributed by atoms with Crippen molar-refractivity contribution < 1.29 is 0 Å². The molecule has 2 aromatic rings. The van der Waals surface area contributed by atoms with E-state index < -0.39 is 0 Å². The van der Waals surface area contributed by atoms with Gasteiger partial charge in [0.2, 0.25) is 0 Å². The van der Waals surface area contributed by atoms with Crippen LogP contribution < -0.4 is 0 Å². The summed E-state index contributed by atoms with van der Waals surface area (Å²) in [7, 11) is 0. The molecule has 2 aliphatic carbocycles. The summed E-state index contributed by atoms with van der Waals surface area (Å²) in [6, 6.07) is 16.9. The van der Waals surface area contributed by atoms with E-state index in [0.717, 1.165) is 0 Å². The van der Waals surface area contributed by atoms with E-state index in [-0.39, 0.29) is 16.2 Å². The molecule has 0 nitrogen and oxygen atoms in total. The summed E-state index contributed by atoms with van der Waals surface area (Å²) >= 11 is 12.8. The highest BCUT2D eigenvalue weighted by Gasteiger charge is 2.68.